The minimum Gasteiger partial charge on any atom is -0.365 e. The number of urea groups is 1. The van der Waals surface area contributed by atoms with E-state index in [2.05, 4.69) is 5.32 Å². The lowest BCUT2D eigenvalue weighted by Crippen LogP contribution is -2.21. The third-order valence-corrected chi connectivity index (χ3v) is 4.08. The molecular weight excluding hydrogens is 274 g/mol. The predicted molar refractivity (Wildman–Crippen MR) is 80.9 cm³/mol. The summed E-state index contributed by atoms with van der Waals surface area (Å²) in [6.07, 6.45) is 0.638. The normalized spacial score (nSPS) is 10.2. The van der Waals surface area contributed by atoms with Gasteiger partial charge in [-0.25, -0.2) is 4.79 Å². The van der Waals surface area contributed by atoms with Gasteiger partial charge in [0.05, 0.1) is 5.56 Å². The van der Waals surface area contributed by atoms with E-state index >= 15 is 0 Å². The number of nitrogens with two attached hydrogens (primary N) is 2. The molecule has 3 amide bonds. The lowest BCUT2D eigenvalue weighted by Gasteiger charge is -2.03. The van der Waals surface area contributed by atoms with Gasteiger partial charge in [0.25, 0.3) is 5.91 Å². The third kappa shape index (κ3) is 2.65. The largest absolute Gasteiger partial charge is 0.365 e. The Labute approximate surface area is 120 Å². The number of rotatable bonds is 4. The van der Waals surface area contributed by atoms with Crippen molar-refractivity contribution in [3.8, 4) is 10.4 Å². The van der Waals surface area contributed by atoms with Crippen molar-refractivity contribution in [3.63, 3.8) is 0 Å². The molecule has 104 valence electrons. The van der Waals surface area contributed by atoms with Crippen molar-refractivity contribution in [2.24, 2.45) is 11.5 Å². The summed E-state index contributed by atoms with van der Waals surface area (Å²) >= 11 is 1.31. The number of carbonyl (C=O) groups excluding carboxylic acids is 2. The number of thiophene rings is 1. The monoisotopic (exact) mass is 289 g/mol. The van der Waals surface area contributed by atoms with Crippen molar-refractivity contribution in [2.75, 3.05) is 5.32 Å². The first-order valence-electron chi connectivity index (χ1n) is 6.12. The second-order valence-electron chi connectivity index (χ2n) is 4.19. The van der Waals surface area contributed by atoms with E-state index in [9.17, 15) is 9.59 Å². The second-order valence-corrected chi connectivity index (χ2v) is 5.21. The van der Waals surface area contributed by atoms with Crippen molar-refractivity contribution in [3.05, 3.63) is 41.5 Å². The molecule has 1 aromatic carbocycles. The molecule has 6 heteroatoms. The summed E-state index contributed by atoms with van der Waals surface area (Å²) in [5, 5.41) is 2.88. The molecule has 0 saturated carbocycles. The van der Waals surface area contributed by atoms with Crippen molar-refractivity contribution >= 4 is 28.3 Å². The SMILES string of the molecule is CCc1c(-c2ccccc2)sc(NC(N)=O)c1C(N)=O. The molecule has 0 radical (unpaired) electrons. The molecule has 0 unspecified atom stereocenters. The molecule has 0 atom stereocenters. The topological polar surface area (TPSA) is 98.2 Å². The standard InChI is InChI=1S/C14H15N3O2S/c1-2-9-10(12(15)18)13(17-14(16)19)20-11(9)8-6-4-3-5-7-8/h3-7H,2H2,1H3,(H2,15,18)(H3,16,17,19). The van der Waals surface area contributed by atoms with E-state index in [1.165, 1.54) is 11.3 Å². The molecule has 0 aliphatic heterocycles. The lowest BCUT2D eigenvalue weighted by atomic mass is 10.0. The van der Waals surface area contributed by atoms with E-state index in [0.717, 1.165) is 16.0 Å². The van der Waals surface area contributed by atoms with Crippen LogP contribution < -0.4 is 16.8 Å². The highest BCUT2D eigenvalue weighted by molar-refractivity contribution is 7.20. The number of primary amides is 2. The molecule has 5 nitrogen and oxygen atoms in total. The summed E-state index contributed by atoms with van der Waals surface area (Å²) in [6, 6.07) is 8.93. The van der Waals surface area contributed by atoms with Crippen LogP contribution in [-0.2, 0) is 6.42 Å². The highest BCUT2D eigenvalue weighted by atomic mass is 32.1. The van der Waals surface area contributed by atoms with Crippen molar-refractivity contribution in [2.45, 2.75) is 13.3 Å². The average molecular weight is 289 g/mol. The average Bonchev–Trinajstić information content (AvgIpc) is 2.77. The van der Waals surface area contributed by atoms with Crippen LogP contribution in [0, 0.1) is 0 Å². The van der Waals surface area contributed by atoms with Crippen LogP contribution in [-0.4, -0.2) is 11.9 Å². The highest BCUT2D eigenvalue weighted by Crippen LogP contribution is 2.40. The maximum Gasteiger partial charge on any atom is 0.317 e. The summed E-state index contributed by atoms with van der Waals surface area (Å²) in [7, 11) is 0. The molecular formula is C14H15N3O2S. The number of nitrogens with one attached hydrogen (secondary N) is 1. The molecule has 20 heavy (non-hydrogen) atoms. The fourth-order valence-corrected chi connectivity index (χ4v) is 3.39. The Balaban J connectivity index is 2.64. The van der Waals surface area contributed by atoms with E-state index in [-0.39, 0.29) is 0 Å². The van der Waals surface area contributed by atoms with E-state index in [1.54, 1.807) is 0 Å². The first kappa shape index (κ1) is 14.1. The van der Waals surface area contributed by atoms with Crippen molar-refractivity contribution in [1.29, 1.82) is 0 Å². The van der Waals surface area contributed by atoms with Gasteiger partial charge >= 0.3 is 6.03 Å². The van der Waals surface area contributed by atoms with Crippen LogP contribution in [0.15, 0.2) is 30.3 Å². The Bertz CT molecular complexity index is 650. The zero-order valence-electron chi connectivity index (χ0n) is 11.0. The smallest absolute Gasteiger partial charge is 0.317 e. The van der Waals surface area contributed by atoms with E-state index in [1.807, 2.05) is 37.3 Å². The van der Waals surface area contributed by atoms with Crippen LogP contribution in [0.2, 0.25) is 0 Å². The van der Waals surface area contributed by atoms with Crippen LogP contribution in [0.25, 0.3) is 10.4 Å². The molecule has 0 spiro atoms. The summed E-state index contributed by atoms with van der Waals surface area (Å²) in [4.78, 5) is 23.6. The Hall–Kier alpha value is -2.34. The van der Waals surface area contributed by atoms with Gasteiger partial charge in [-0.2, -0.15) is 0 Å². The molecule has 0 aliphatic carbocycles. The highest BCUT2D eigenvalue weighted by Gasteiger charge is 2.22. The first-order chi connectivity index (χ1) is 9.54. The number of hydrogen-bond donors (Lipinski definition) is 3. The van der Waals surface area contributed by atoms with Gasteiger partial charge in [0.2, 0.25) is 0 Å². The quantitative estimate of drug-likeness (QED) is 0.806. The molecule has 2 aromatic rings. The molecule has 0 fully saturated rings. The summed E-state index contributed by atoms with van der Waals surface area (Å²) < 4.78 is 0. The Morgan fingerprint density at radius 3 is 2.35 bits per heavy atom. The van der Waals surface area contributed by atoms with Crippen LogP contribution in [0.5, 0.6) is 0 Å². The van der Waals surface area contributed by atoms with E-state index in [4.69, 9.17) is 11.5 Å². The lowest BCUT2D eigenvalue weighted by molar-refractivity contribution is 0.100. The zero-order chi connectivity index (χ0) is 14.7. The number of anilines is 1. The molecule has 0 saturated heterocycles. The van der Waals surface area contributed by atoms with Crippen molar-refractivity contribution < 1.29 is 9.59 Å². The van der Waals surface area contributed by atoms with Crippen LogP contribution in [0.1, 0.15) is 22.8 Å². The van der Waals surface area contributed by atoms with Gasteiger partial charge in [0, 0.05) is 4.88 Å². The van der Waals surface area contributed by atoms with Crippen molar-refractivity contribution in [1.82, 2.24) is 0 Å². The number of benzene rings is 1. The molecule has 1 heterocycles. The van der Waals surface area contributed by atoms with Gasteiger partial charge in [-0.1, -0.05) is 37.3 Å². The molecule has 1 aromatic heterocycles. The molecule has 2 rings (SSSR count). The number of amides is 3. The van der Waals surface area contributed by atoms with Gasteiger partial charge in [0.15, 0.2) is 0 Å². The van der Waals surface area contributed by atoms with Gasteiger partial charge in [-0.15, -0.1) is 11.3 Å². The van der Waals surface area contributed by atoms with Crippen LogP contribution in [0.4, 0.5) is 9.80 Å². The van der Waals surface area contributed by atoms with E-state index < -0.39 is 11.9 Å². The molecule has 0 bridgehead atoms. The molecule has 0 aliphatic rings. The minimum absolute atomic E-state index is 0.343. The Morgan fingerprint density at radius 2 is 1.85 bits per heavy atom. The van der Waals surface area contributed by atoms with E-state index in [0.29, 0.717) is 17.0 Å². The predicted octanol–water partition coefficient (Wildman–Crippen LogP) is 2.57. The fourth-order valence-electron chi connectivity index (χ4n) is 2.09. The number of hydrogen-bond acceptors (Lipinski definition) is 3. The maximum absolute atomic E-state index is 11.7. The summed E-state index contributed by atoms with van der Waals surface area (Å²) in [5.41, 5.74) is 12.7. The fraction of sp³-hybridized carbons (Fsp3) is 0.143. The summed E-state index contributed by atoms with van der Waals surface area (Å²) in [6.45, 7) is 1.94. The van der Waals surface area contributed by atoms with Gasteiger partial charge < -0.3 is 11.5 Å². The van der Waals surface area contributed by atoms with Gasteiger partial charge in [-0.05, 0) is 17.5 Å². The first-order valence-corrected chi connectivity index (χ1v) is 6.93. The Morgan fingerprint density at radius 1 is 1.20 bits per heavy atom. The van der Waals surface area contributed by atoms with Crippen LogP contribution >= 0.6 is 11.3 Å². The minimum atomic E-state index is -0.712. The zero-order valence-corrected chi connectivity index (χ0v) is 11.8. The maximum atomic E-state index is 11.7. The number of carbonyl (C=O) groups is 2. The van der Waals surface area contributed by atoms with Gasteiger partial charge in [-0.3, -0.25) is 10.1 Å². The third-order valence-electron chi connectivity index (χ3n) is 2.88. The van der Waals surface area contributed by atoms with Gasteiger partial charge in [0.1, 0.15) is 5.00 Å². The Kier molecular flexibility index (Phi) is 4.05. The summed E-state index contributed by atoms with van der Waals surface area (Å²) in [5.74, 6) is -0.566. The molecule has 5 N–H and O–H groups in total. The van der Waals surface area contributed by atoms with Crippen LogP contribution in [0.3, 0.4) is 0 Å². The second kappa shape index (κ2) is 5.75.